The third-order valence-electron chi connectivity index (χ3n) is 5.83. The number of amides is 2. The van der Waals surface area contributed by atoms with Crippen LogP contribution >= 0.6 is 11.8 Å². The molecule has 0 saturated carbocycles. The van der Waals surface area contributed by atoms with E-state index in [-0.39, 0.29) is 12.0 Å². The van der Waals surface area contributed by atoms with Crippen molar-refractivity contribution in [3.63, 3.8) is 0 Å². The van der Waals surface area contributed by atoms with Crippen LogP contribution in [0.2, 0.25) is 0 Å². The molecule has 6 heteroatoms. The minimum atomic E-state index is -0.221. The number of carbonyl (C=O) groups is 2. The summed E-state index contributed by atoms with van der Waals surface area (Å²) in [4.78, 5) is 28.9. The standard InChI is InChI=1S/C32H32N2O3S/c1-2-11-31(35)37-28-19-21-29(22-20-28)38-30-18-9-17-27(24-30)34(23-10-14-25-12-5-3-6-13-25)32(36)33-26-15-7-4-8-16-26/h3-9,12-13,15-22,24H,2,10-11,14,23H2,1H3,(H,33,36). The van der Waals surface area contributed by atoms with Gasteiger partial charge in [-0.05, 0) is 79.4 Å². The van der Waals surface area contributed by atoms with Gasteiger partial charge in [-0.3, -0.25) is 9.69 Å². The maximum absolute atomic E-state index is 13.4. The number of esters is 1. The van der Waals surface area contributed by atoms with Crippen molar-refractivity contribution < 1.29 is 14.3 Å². The van der Waals surface area contributed by atoms with Crippen molar-refractivity contribution >= 4 is 35.1 Å². The molecule has 0 aromatic heterocycles. The molecule has 0 atom stereocenters. The molecule has 1 N–H and O–H groups in total. The first kappa shape index (κ1) is 27.0. The zero-order chi connectivity index (χ0) is 26.6. The second kappa shape index (κ2) is 14.1. The molecule has 0 radical (unpaired) electrons. The largest absolute Gasteiger partial charge is 0.427 e. The van der Waals surface area contributed by atoms with Gasteiger partial charge in [0.2, 0.25) is 0 Å². The van der Waals surface area contributed by atoms with Crippen LogP contribution in [0.1, 0.15) is 31.7 Å². The van der Waals surface area contributed by atoms with E-state index in [0.29, 0.717) is 18.7 Å². The fourth-order valence-corrected chi connectivity index (χ4v) is 4.83. The van der Waals surface area contributed by atoms with Gasteiger partial charge < -0.3 is 10.1 Å². The summed E-state index contributed by atoms with van der Waals surface area (Å²) >= 11 is 1.59. The van der Waals surface area contributed by atoms with E-state index >= 15 is 0 Å². The number of rotatable bonds is 11. The van der Waals surface area contributed by atoms with Gasteiger partial charge in [-0.15, -0.1) is 0 Å². The van der Waals surface area contributed by atoms with Crippen molar-refractivity contribution in [3.8, 4) is 5.75 Å². The van der Waals surface area contributed by atoms with E-state index in [4.69, 9.17) is 4.74 Å². The van der Waals surface area contributed by atoms with E-state index in [1.807, 2.05) is 104 Å². The van der Waals surface area contributed by atoms with Gasteiger partial charge in [0.15, 0.2) is 0 Å². The quantitative estimate of drug-likeness (QED) is 0.159. The lowest BCUT2D eigenvalue weighted by molar-refractivity contribution is -0.134. The summed E-state index contributed by atoms with van der Waals surface area (Å²) in [5.41, 5.74) is 2.85. The lowest BCUT2D eigenvalue weighted by Gasteiger charge is -2.24. The average Bonchev–Trinajstić information content (AvgIpc) is 2.93. The molecule has 2 amide bonds. The Balaban J connectivity index is 1.47. The van der Waals surface area contributed by atoms with Crippen molar-refractivity contribution in [3.05, 3.63) is 115 Å². The van der Waals surface area contributed by atoms with E-state index in [0.717, 1.165) is 40.4 Å². The predicted molar refractivity (Wildman–Crippen MR) is 155 cm³/mol. The molecule has 4 aromatic rings. The number of aryl methyl sites for hydroxylation is 1. The number of anilines is 2. The zero-order valence-corrected chi connectivity index (χ0v) is 22.3. The number of para-hydroxylation sites is 1. The highest BCUT2D eigenvalue weighted by atomic mass is 32.2. The van der Waals surface area contributed by atoms with Gasteiger partial charge in [-0.1, -0.05) is 73.3 Å². The van der Waals surface area contributed by atoms with E-state index in [9.17, 15) is 9.59 Å². The minimum Gasteiger partial charge on any atom is -0.427 e. The van der Waals surface area contributed by atoms with Gasteiger partial charge >= 0.3 is 12.0 Å². The maximum atomic E-state index is 13.4. The van der Waals surface area contributed by atoms with Crippen LogP contribution in [0.3, 0.4) is 0 Å². The van der Waals surface area contributed by atoms with Crippen molar-refractivity contribution in [2.75, 3.05) is 16.8 Å². The number of benzene rings is 4. The van der Waals surface area contributed by atoms with Gasteiger partial charge in [-0.25, -0.2) is 4.79 Å². The molecular formula is C32H32N2O3S. The van der Waals surface area contributed by atoms with Crippen molar-refractivity contribution in [2.45, 2.75) is 42.4 Å². The van der Waals surface area contributed by atoms with Crippen molar-refractivity contribution in [2.24, 2.45) is 0 Å². The van der Waals surface area contributed by atoms with E-state index in [1.54, 1.807) is 16.7 Å². The Bertz CT molecular complexity index is 1310. The third kappa shape index (κ3) is 8.25. The number of ether oxygens (including phenoxy) is 1. The summed E-state index contributed by atoms with van der Waals surface area (Å²) in [6.45, 7) is 2.53. The molecule has 0 bridgehead atoms. The van der Waals surface area contributed by atoms with Gasteiger partial charge in [0.05, 0.1) is 0 Å². The molecular weight excluding hydrogens is 492 g/mol. The number of nitrogens with one attached hydrogen (secondary N) is 1. The molecule has 0 saturated heterocycles. The Morgan fingerprint density at radius 3 is 2.24 bits per heavy atom. The van der Waals surface area contributed by atoms with Gasteiger partial charge in [-0.2, -0.15) is 0 Å². The normalized spacial score (nSPS) is 10.6. The van der Waals surface area contributed by atoms with Crippen molar-refractivity contribution in [1.29, 1.82) is 0 Å². The Morgan fingerprint density at radius 2 is 1.53 bits per heavy atom. The second-order valence-corrected chi connectivity index (χ2v) is 9.98. The van der Waals surface area contributed by atoms with Crippen LogP contribution in [-0.4, -0.2) is 18.5 Å². The summed E-state index contributed by atoms with van der Waals surface area (Å²) in [7, 11) is 0. The summed E-state index contributed by atoms with van der Waals surface area (Å²) in [6.07, 6.45) is 2.89. The Labute approximate surface area is 228 Å². The molecule has 38 heavy (non-hydrogen) atoms. The lowest BCUT2D eigenvalue weighted by Crippen LogP contribution is -2.36. The first-order chi connectivity index (χ1) is 18.6. The van der Waals surface area contributed by atoms with Crippen LogP contribution in [0.15, 0.2) is 119 Å². The fraction of sp³-hybridized carbons (Fsp3) is 0.188. The van der Waals surface area contributed by atoms with Gasteiger partial charge in [0.25, 0.3) is 0 Å². The summed E-state index contributed by atoms with van der Waals surface area (Å²) in [5, 5.41) is 3.03. The Morgan fingerprint density at radius 1 is 0.816 bits per heavy atom. The van der Waals surface area contributed by atoms with Crippen molar-refractivity contribution in [1.82, 2.24) is 0 Å². The van der Waals surface area contributed by atoms with Gasteiger partial charge in [0.1, 0.15) is 5.75 Å². The predicted octanol–water partition coefficient (Wildman–Crippen LogP) is 8.21. The molecule has 0 aliphatic rings. The number of hydrogen-bond donors (Lipinski definition) is 1. The van der Waals surface area contributed by atoms with Gasteiger partial charge in [0, 0.05) is 34.1 Å². The molecule has 0 heterocycles. The zero-order valence-electron chi connectivity index (χ0n) is 21.5. The SMILES string of the molecule is CCCC(=O)Oc1ccc(Sc2cccc(N(CCCc3ccccc3)C(=O)Nc3ccccc3)c2)cc1. The third-order valence-corrected chi connectivity index (χ3v) is 6.83. The monoisotopic (exact) mass is 524 g/mol. The molecule has 0 fully saturated rings. The topological polar surface area (TPSA) is 58.6 Å². The molecule has 0 unspecified atom stereocenters. The maximum Gasteiger partial charge on any atom is 0.326 e. The molecule has 194 valence electrons. The number of carbonyl (C=O) groups excluding carboxylic acids is 2. The Kier molecular flexibility index (Phi) is 9.99. The highest BCUT2D eigenvalue weighted by Gasteiger charge is 2.17. The van der Waals surface area contributed by atoms with Crippen LogP contribution in [0.5, 0.6) is 5.75 Å². The lowest BCUT2D eigenvalue weighted by atomic mass is 10.1. The van der Waals surface area contributed by atoms with Crippen LogP contribution < -0.4 is 15.0 Å². The summed E-state index contributed by atoms with van der Waals surface area (Å²) in [6, 6.07) is 35.1. The Hall–Kier alpha value is -4.03. The number of nitrogens with zero attached hydrogens (tertiary/aromatic N) is 1. The van der Waals surface area contributed by atoms with Crippen LogP contribution in [0.25, 0.3) is 0 Å². The molecule has 4 rings (SSSR count). The number of hydrogen-bond acceptors (Lipinski definition) is 4. The minimum absolute atomic E-state index is 0.162. The highest BCUT2D eigenvalue weighted by Crippen LogP contribution is 2.32. The molecule has 0 aliphatic carbocycles. The number of urea groups is 1. The van der Waals surface area contributed by atoms with E-state index in [1.165, 1.54) is 5.56 Å². The average molecular weight is 525 g/mol. The van der Waals surface area contributed by atoms with Crippen LogP contribution in [0.4, 0.5) is 16.2 Å². The summed E-state index contributed by atoms with van der Waals surface area (Å²) in [5.74, 6) is 0.325. The second-order valence-electron chi connectivity index (χ2n) is 8.83. The molecule has 0 aliphatic heterocycles. The van der Waals surface area contributed by atoms with Crippen LogP contribution in [-0.2, 0) is 11.2 Å². The smallest absolute Gasteiger partial charge is 0.326 e. The first-order valence-electron chi connectivity index (χ1n) is 12.9. The van der Waals surface area contributed by atoms with E-state index < -0.39 is 0 Å². The van der Waals surface area contributed by atoms with E-state index in [2.05, 4.69) is 17.4 Å². The molecule has 0 spiro atoms. The highest BCUT2D eigenvalue weighted by molar-refractivity contribution is 7.99. The molecule has 4 aromatic carbocycles. The fourth-order valence-electron chi connectivity index (χ4n) is 3.96. The molecule has 5 nitrogen and oxygen atoms in total. The first-order valence-corrected chi connectivity index (χ1v) is 13.7. The van der Waals surface area contributed by atoms with Crippen LogP contribution in [0, 0.1) is 0 Å². The summed E-state index contributed by atoms with van der Waals surface area (Å²) < 4.78 is 5.36.